The van der Waals surface area contributed by atoms with Crippen LogP contribution < -0.4 is 0 Å². The van der Waals surface area contributed by atoms with Gasteiger partial charge in [0.1, 0.15) is 5.69 Å². The van der Waals surface area contributed by atoms with E-state index in [1.54, 1.807) is 0 Å². The molecule has 0 aliphatic heterocycles. The Morgan fingerprint density at radius 1 is 1.21 bits per heavy atom. The molecule has 0 saturated carbocycles. The first-order valence-corrected chi connectivity index (χ1v) is 3.53. The predicted octanol–water partition coefficient (Wildman–Crippen LogP) is 2.83. The number of pyridine rings is 1. The summed E-state index contributed by atoms with van der Waals surface area (Å²) >= 11 is 0. The number of aromatic nitrogens is 1. The smallest absolute Gasteiger partial charge is 0.255 e. The maximum absolute atomic E-state index is 12.3. The number of rotatable bonds is 2. The summed E-state index contributed by atoms with van der Waals surface area (Å²) in [4.78, 5) is 3.13. The molecule has 14 heavy (non-hydrogen) atoms. The summed E-state index contributed by atoms with van der Waals surface area (Å²) < 4.78 is 49.0. The van der Waals surface area contributed by atoms with E-state index in [1.807, 2.05) is 0 Å². The van der Waals surface area contributed by atoms with Gasteiger partial charge in [0.25, 0.3) is 12.9 Å². The summed E-state index contributed by atoms with van der Waals surface area (Å²) in [7, 11) is 0. The van der Waals surface area contributed by atoms with Crippen LogP contribution in [0.25, 0.3) is 0 Å². The lowest BCUT2D eigenvalue weighted by molar-refractivity contribution is 0.120. The van der Waals surface area contributed by atoms with Crippen LogP contribution in [0, 0.1) is 11.3 Å². The van der Waals surface area contributed by atoms with E-state index < -0.39 is 29.7 Å². The van der Waals surface area contributed by atoms with Crippen molar-refractivity contribution in [2.75, 3.05) is 0 Å². The lowest BCUT2D eigenvalue weighted by Gasteiger charge is -2.07. The third-order valence-electron chi connectivity index (χ3n) is 1.57. The first-order chi connectivity index (χ1) is 6.57. The molecule has 1 aromatic heterocycles. The molecular formula is C8H4F4N2. The molecule has 1 aromatic rings. The van der Waals surface area contributed by atoms with E-state index in [9.17, 15) is 17.6 Å². The third kappa shape index (κ3) is 1.82. The summed E-state index contributed by atoms with van der Waals surface area (Å²) in [6.45, 7) is 0. The summed E-state index contributed by atoms with van der Waals surface area (Å²) in [5, 5.41) is 8.42. The van der Waals surface area contributed by atoms with Crippen LogP contribution in [0.2, 0.25) is 0 Å². The normalized spacial score (nSPS) is 10.6. The van der Waals surface area contributed by atoms with Crippen molar-refractivity contribution in [3.63, 3.8) is 0 Å². The van der Waals surface area contributed by atoms with E-state index in [2.05, 4.69) is 4.98 Å². The molecule has 0 amide bonds. The molecule has 0 atom stereocenters. The summed E-state index contributed by atoms with van der Waals surface area (Å²) in [5.74, 6) is 0. The van der Waals surface area contributed by atoms with Gasteiger partial charge in [0, 0.05) is 6.20 Å². The van der Waals surface area contributed by atoms with Crippen molar-refractivity contribution in [2.24, 2.45) is 0 Å². The van der Waals surface area contributed by atoms with Crippen LogP contribution in [0.1, 0.15) is 29.7 Å². The minimum Gasteiger partial charge on any atom is -0.255 e. The van der Waals surface area contributed by atoms with Crippen molar-refractivity contribution in [3.05, 3.63) is 29.1 Å². The van der Waals surface area contributed by atoms with Crippen LogP contribution >= 0.6 is 0 Å². The maximum atomic E-state index is 12.3. The Morgan fingerprint density at radius 3 is 2.29 bits per heavy atom. The number of hydrogen-bond donors (Lipinski definition) is 0. The van der Waals surface area contributed by atoms with Crippen molar-refractivity contribution in [3.8, 4) is 6.07 Å². The molecule has 0 fully saturated rings. The second-order valence-corrected chi connectivity index (χ2v) is 2.37. The lowest BCUT2D eigenvalue weighted by atomic mass is 10.1. The second-order valence-electron chi connectivity index (χ2n) is 2.37. The Bertz CT molecular complexity index is 370. The first kappa shape index (κ1) is 10.4. The fourth-order valence-corrected chi connectivity index (χ4v) is 0.990. The third-order valence-corrected chi connectivity index (χ3v) is 1.57. The minimum atomic E-state index is -3.12. The van der Waals surface area contributed by atoms with E-state index in [-0.39, 0.29) is 0 Å². The number of halogens is 4. The van der Waals surface area contributed by atoms with Gasteiger partial charge < -0.3 is 0 Å². The molecule has 0 aliphatic rings. The fourth-order valence-electron chi connectivity index (χ4n) is 0.990. The Labute approximate surface area is 76.8 Å². The zero-order valence-corrected chi connectivity index (χ0v) is 6.72. The zero-order valence-electron chi connectivity index (χ0n) is 6.72. The summed E-state index contributed by atoms with van der Waals surface area (Å²) in [5.41, 5.74) is -2.48. The SMILES string of the molecule is N#Cc1ccnc(C(F)F)c1C(F)F. The lowest BCUT2D eigenvalue weighted by Crippen LogP contribution is -2.01. The van der Waals surface area contributed by atoms with Crippen LogP contribution in [-0.4, -0.2) is 4.98 Å². The number of nitrogens with zero attached hydrogens (tertiary/aromatic N) is 2. The molecule has 0 radical (unpaired) electrons. The van der Waals surface area contributed by atoms with Crippen LogP contribution in [-0.2, 0) is 0 Å². The van der Waals surface area contributed by atoms with Crippen molar-refractivity contribution < 1.29 is 17.6 Å². The van der Waals surface area contributed by atoms with E-state index >= 15 is 0 Å². The average molecular weight is 204 g/mol. The molecule has 1 rings (SSSR count). The Kier molecular flexibility index (Phi) is 3.02. The van der Waals surface area contributed by atoms with Gasteiger partial charge in [0.05, 0.1) is 17.2 Å². The van der Waals surface area contributed by atoms with E-state index in [0.29, 0.717) is 0 Å². The molecule has 0 aromatic carbocycles. The Morgan fingerprint density at radius 2 is 1.86 bits per heavy atom. The molecule has 0 unspecified atom stereocenters. The van der Waals surface area contributed by atoms with Gasteiger partial charge in [0.15, 0.2) is 0 Å². The van der Waals surface area contributed by atoms with Gasteiger partial charge in [-0.2, -0.15) is 5.26 Å². The molecule has 74 valence electrons. The van der Waals surface area contributed by atoms with E-state index in [1.165, 1.54) is 6.07 Å². The highest BCUT2D eigenvalue weighted by Gasteiger charge is 2.24. The van der Waals surface area contributed by atoms with E-state index in [0.717, 1.165) is 12.3 Å². The van der Waals surface area contributed by atoms with Gasteiger partial charge in [-0.1, -0.05) is 0 Å². The van der Waals surface area contributed by atoms with Crippen LogP contribution in [0.3, 0.4) is 0 Å². The molecule has 0 N–H and O–H groups in total. The number of hydrogen-bond acceptors (Lipinski definition) is 2. The van der Waals surface area contributed by atoms with Crippen molar-refractivity contribution >= 4 is 0 Å². The average Bonchev–Trinajstić information content (AvgIpc) is 2.16. The first-order valence-electron chi connectivity index (χ1n) is 3.53. The van der Waals surface area contributed by atoms with Crippen LogP contribution in [0.4, 0.5) is 17.6 Å². The quantitative estimate of drug-likeness (QED) is 0.694. The Balaban J connectivity index is 3.38. The predicted molar refractivity (Wildman–Crippen MR) is 38.9 cm³/mol. The molecular weight excluding hydrogens is 200 g/mol. The second kappa shape index (κ2) is 4.05. The Hall–Kier alpha value is -1.64. The number of alkyl halides is 4. The summed E-state index contributed by atoms with van der Waals surface area (Å²) in [6.07, 6.45) is -5.32. The van der Waals surface area contributed by atoms with Crippen LogP contribution in [0.15, 0.2) is 12.3 Å². The number of nitriles is 1. The minimum absolute atomic E-state index is 0.467. The molecule has 0 bridgehead atoms. The monoisotopic (exact) mass is 204 g/mol. The van der Waals surface area contributed by atoms with Gasteiger partial charge in [-0.15, -0.1) is 0 Å². The maximum Gasteiger partial charge on any atom is 0.280 e. The zero-order chi connectivity index (χ0) is 10.7. The highest BCUT2D eigenvalue weighted by atomic mass is 19.3. The van der Waals surface area contributed by atoms with Gasteiger partial charge in [-0.3, -0.25) is 4.98 Å². The molecule has 0 aliphatic carbocycles. The molecule has 6 heteroatoms. The van der Waals surface area contributed by atoms with Gasteiger partial charge in [-0.25, -0.2) is 17.6 Å². The standard InChI is InChI=1S/C8H4F4N2/c9-7(10)5-4(3-13)1-2-14-6(5)8(11)12/h1-2,7-8H. The van der Waals surface area contributed by atoms with Crippen molar-refractivity contribution in [2.45, 2.75) is 12.9 Å². The molecule has 1 heterocycles. The molecule has 0 spiro atoms. The van der Waals surface area contributed by atoms with Crippen LogP contribution in [0.5, 0.6) is 0 Å². The largest absolute Gasteiger partial charge is 0.280 e. The fraction of sp³-hybridized carbons (Fsp3) is 0.250. The topological polar surface area (TPSA) is 36.7 Å². The van der Waals surface area contributed by atoms with Crippen molar-refractivity contribution in [1.29, 1.82) is 5.26 Å². The van der Waals surface area contributed by atoms with Gasteiger partial charge in [0.2, 0.25) is 0 Å². The van der Waals surface area contributed by atoms with E-state index in [4.69, 9.17) is 5.26 Å². The molecule has 2 nitrogen and oxygen atoms in total. The molecule has 0 saturated heterocycles. The summed E-state index contributed by atoms with van der Waals surface area (Å²) in [6, 6.07) is 2.40. The highest BCUT2D eigenvalue weighted by molar-refractivity contribution is 5.40. The van der Waals surface area contributed by atoms with Gasteiger partial charge >= 0.3 is 0 Å². The van der Waals surface area contributed by atoms with Crippen molar-refractivity contribution in [1.82, 2.24) is 4.98 Å². The van der Waals surface area contributed by atoms with Gasteiger partial charge in [-0.05, 0) is 6.07 Å². The highest BCUT2D eigenvalue weighted by Crippen LogP contribution is 2.30.